The molecule has 4 rings (SSSR count). The Bertz CT molecular complexity index is 1010. The molecule has 1 saturated heterocycles. The third-order valence-corrected chi connectivity index (χ3v) is 4.90. The second-order valence-electron chi connectivity index (χ2n) is 7.13. The molecule has 0 radical (unpaired) electrons. The van der Waals surface area contributed by atoms with Crippen LogP contribution in [0.5, 0.6) is 0 Å². The summed E-state index contributed by atoms with van der Waals surface area (Å²) in [5, 5.41) is 3.36. The van der Waals surface area contributed by atoms with E-state index >= 15 is 0 Å². The van der Waals surface area contributed by atoms with Crippen LogP contribution < -0.4 is 10.2 Å². The summed E-state index contributed by atoms with van der Waals surface area (Å²) in [6.07, 6.45) is 0. The number of carbonyl (C=O) groups is 1. The highest BCUT2D eigenvalue weighted by Gasteiger charge is 2.11. The molecule has 29 heavy (non-hydrogen) atoms. The summed E-state index contributed by atoms with van der Waals surface area (Å²) in [6, 6.07) is 17.6. The van der Waals surface area contributed by atoms with Gasteiger partial charge in [0.1, 0.15) is 5.82 Å². The van der Waals surface area contributed by atoms with Crippen molar-refractivity contribution in [1.82, 2.24) is 9.97 Å². The first-order chi connectivity index (χ1) is 14.1. The van der Waals surface area contributed by atoms with Gasteiger partial charge < -0.3 is 15.0 Å². The Morgan fingerprint density at radius 3 is 2.52 bits per heavy atom. The number of hydrogen-bond donors (Lipinski definition) is 1. The summed E-state index contributed by atoms with van der Waals surface area (Å²) in [6.45, 7) is 6.87. The Kier molecular flexibility index (Phi) is 5.53. The van der Waals surface area contributed by atoms with Crippen LogP contribution in [0.3, 0.4) is 0 Å². The first kappa shape index (κ1) is 19.1. The quantitative estimate of drug-likeness (QED) is 0.660. The molecule has 1 fully saturated rings. The minimum atomic E-state index is 0.0261. The normalized spacial score (nSPS) is 13.9. The van der Waals surface area contributed by atoms with E-state index in [4.69, 9.17) is 4.74 Å². The van der Waals surface area contributed by atoms with Crippen molar-refractivity contribution in [3.63, 3.8) is 0 Å². The molecule has 0 amide bonds. The highest BCUT2D eigenvalue weighted by atomic mass is 16.5. The Labute approximate surface area is 170 Å². The van der Waals surface area contributed by atoms with Gasteiger partial charge in [-0.2, -0.15) is 0 Å². The second-order valence-corrected chi connectivity index (χ2v) is 7.13. The van der Waals surface area contributed by atoms with Crippen LogP contribution in [0.25, 0.3) is 11.4 Å². The number of nitrogens with zero attached hydrogens (tertiary/aromatic N) is 3. The third-order valence-electron chi connectivity index (χ3n) is 4.90. The largest absolute Gasteiger partial charge is 0.378 e. The van der Waals surface area contributed by atoms with E-state index in [1.54, 1.807) is 13.0 Å². The van der Waals surface area contributed by atoms with Crippen molar-refractivity contribution in [2.24, 2.45) is 0 Å². The predicted molar refractivity (Wildman–Crippen MR) is 115 cm³/mol. The molecular weight excluding hydrogens is 364 g/mol. The zero-order valence-electron chi connectivity index (χ0n) is 16.7. The van der Waals surface area contributed by atoms with E-state index in [9.17, 15) is 4.79 Å². The van der Waals surface area contributed by atoms with E-state index in [1.165, 1.54) is 5.69 Å². The molecular formula is C23H24N4O2. The molecule has 0 saturated carbocycles. The standard InChI is InChI=1S/C23H24N4O2/c1-16-14-22(26-23(24-16)19-5-3-4-18(15-19)17(2)28)25-20-6-8-21(9-7-20)27-10-12-29-13-11-27/h3-9,14-15H,10-13H2,1-2H3,(H,24,25,26). The molecule has 1 aromatic heterocycles. The molecule has 0 bridgehead atoms. The molecule has 0 aliphatic carbocycles. The molecule has 2 heterocycles. The molecule has 148 valence electrons. The van der Waals surface area contributed by atoms with Gasteiger partial charge in [0.15, 0.2) is 11.6 Å². The molecule has 6 nitrogen and oxygen atoms in total. The number of rotatable bonds is 5. The topological polar surface area (TPSA) is 67.4 Å². The van der Waals surface area contributed by atoms with Crippen molar-refractivity contribution >= 4 is 23.0 Å². The van der Waals surface area contributed by atoms with Crippen LogP contribution in [0.15, 0.2) is 54.6 Å². The number of aromatic nitrogens is 2. The average molecular weight is 388 g/mol. The SMILES string of the molecule is CC(=O)c1cccc(-c2nc(C)cc(Nc3ccc(N4CCOCC4)cc3)n2)c1. The number of morpholine rings is 1. The fourth-order valence-corrected chi connectivity index (χ4v) is 3.36. The zero-order valence-corrected chi connectivity index (χ0v) is 16.7. The van der Waals surface area contributed by atoms with Gasteiger partial charge in [0.05, 0.1) is 13.2 Å². The number of hydrogen-bond acceptors (Lipinski definition) is 6. The summed E-state index contributed by atoms with van der Waals surface area (Å²) in [4.78, 5) is 23.2. The van der Waals surface area contributed by atoms with E-state index in [0.717, 1.165) is 49.1 Å². The molecule has 0 atom stereocenters. The van der Waals surface area contributed by atoms with Crippen LogP contribution >= 0.6 is 0 Å². The lowest BCUT2D eigenvalue weighted by Crippen LogP contribution is -2.36. The summed E-state index contributed by atoms with van der Waals surface area (Å²) in [5.74, 6) is 1.35. The maximum atomic E-state index is 11.7. The lowest BCUT2D eigenvalue weighted by atomic mass is 10.1. The van der Waals surface area contributed by atoms with Gasteiger partial charge in [-0.05, 0) is 44.2 Å². The van der Waals surface area contributed by atoms with Crippen LogP contribution in [0, 0.1) is 6.92 Å². The van der Waals surface area contributed by atoms with Gasteiger partial charge in [-0.15, -0.1) is 0 Å². The van der Waals surface area contributed by atoms with E-state index in [0.29, 0.717) is 11.4 Å². The minimum Gasteiger partial charge on any atom is -0.378 e. The van der Waals surface area contributed by atoms with Crippen LogP contribution in [0.2, 0.25) is 0 Å². The summed E-state index contributed by atoms with van der Waals surface area (Å²) in [7, 11) is 0. The van der Waals surface area contributed by atoms with Crippen LogP contribution in [-0.4, -0.2) is 42.1 Å². The highest BCUT2D eigenvalue weighted by Crippen LogP contribution is 2.24. The lowest BCUT2D eigenvalue weighted by Gasteiger charge is -2.28. The van der Waals surface area contributed by atoms with Gasteiger partial charge in [0.2, 0.25) is 0 Å². The van der Waals surface area contributed by atoms with Gasteiger partial charge in [-0.1, -0.05) is 18.2 Å². The maximum absolute atomic E-state index is 11.7. The van der Waals surface area contributed by atoms with Crippen molar-refractivity contribution < 1.29 is 9.53 Å². The Morgan fingerprint density at radius 2 is 1.79 bits per heavy atom. The second kappa shape index (κ2) is 8.41. The third kappa shape index (κ3) is 4.60. The fourth-order valence-electron chi connectivity index (χ4n) is 3.36. The molecule has 0 unspecified atom stereocenters. The summed E-state index contributed by atoms with van der Waals surface area (Å²) < 4.78 is 5.42. The van der Waals surface area contributed by atoms with E-state index in [1.807, 2.05) is 31.2 Å². The first-order valence-corrected chi connectivity index (χ1v) is 9.75. The van der Waals surface area contributed by atoms with Gasteiger partial charge >= 0.3 is 0 Å². The van der Waals surface area contributed by atoms with Crippen molar-refractivity contribution in [1.29, 1.82) is 0 Å². The first-order valence-electron chi connectivity index (χ1n) is 9.75. The lowest BCUT2D eigenvalue weighted by molar-refractivity contribution is 0.101. The van der Waals surface area contributed by atoms with Crippen molar-refractivity contribution in [3.05, 3.63) is 65.9 Å². The number of anilines is 3. The Balaban J connectivity index is 1.55. The van der Waals surface area contributed by atoms with Crippen molar-refractivity contribution in [2.45, 2.75) is 13.8 Å². The van der Waals surface area contributed by atoms with Gasteiger partial charge in [-0.3, -0.25) is 4.79 Å². The minimum absolute atomic E-state index is 0.0261. The number of aryl methyl sites for hydroxylation is 1. The molecule has 1 N–H and O–H groups in total. The number of ether oxygens (including phenoxy) is 1. The number of benzene rings is 2. The zero-order chi connectivity index (χ0) is 20.2. The van der Waals surface area contributed by atoms with Gasteiger partial charge in [0.25, 0.3) is 0 Å². The maximum Gasteiger partial charge on any atom is 0.161 e. The van der Waals surface area contributed by atoms with Crippen LogP contribution in [0.4, 0.5) is 17.2 Å². The molecule has 2 aromatic carbocycles. The summed E-state index contributed by atoms with van der Waals surface area (Å²) >= 11 is 0. The van der Waals surface area contributed by atoms with Gasteiger partial charge in [-0.25, -0.2) is 9.97 Å². The van der Waals surface area contributed by atoms with E-state index in [2.05, 4.69) is 44.5 Å². The molecule has 3 aromatic rings. The molecule has 6 heteroatoms. The van der Waals surface area contributed by atoms with Crippen molar-refractivity contribution in [2.75, 3.05) is 36.5 Å². The van der Waals surface area contributed by atoms with E-state index < -0.39 is 0 Å². The fraction of sp³-hybridized carbons (Fsp3) is 0.261. The summed E-state index contributed by atoms with van der Waals surface area (Å²) in [5.41, 5.74) is 4.49. The molecule has 1 aliphatic rings. The monoisotopic (exact) mass is 388 g/mol. The smallest absolute Gasteiger partial charge is 0.161 e. The van der Waals surface area contributed by atoms with Crippen molar-refractivity contribution in [3.8, 4) is 11.4 Å². The highest BCUT2D eigenvalue weighted by molar-refractivity contribution is 5.95. The number of Topliss-reactive ketones (excluding diaryl/α,β-unsaturated/α-hetero) is 1. The molecule has 0 spiro atoms. The number of carbonyl (C=O) groups excluding carboxylic acids is 1. The van der Waals surface area contributed by atoms with Gasteiger partial charge in [0, 0.05) is 47.4 Å². The predicted octanol–water partition coefficient (Wildman–Crippen LogP) is 4.23. The average Bonchev–Trinajstić information content (AvgIpc) is 2.74. The Morgan fingerprint density at radius 1 is 1.03 bits per heavy atom. The van der Waals surface area contributed by atoms with E-state index in [-0.39, 0.29) is 5.78 Å². The van der Waals surface area contributed by atoms with Crippen LogP contribution in [-0.2, 0) is 4.74 Å². The Hall–Kier alpha value is -3.25. The van der Waals surface area contributed by atoms with Crippen LogP contribution in [0.1, 0.15) is 23.0 Å². The number of ketones is 1. The molecule has 1 aliphatic heterocycles. The number of nitrogens with one attached hydrogen (secondary N) is 1.